The summed E-state index contributed by atoms with van der Waals surface area (Å²) >= 11 is 0. The third kappa shape index (κ3) is 3.35. The zero-order chi connectivity index (χ0) is 10.4. The second-order valence-electron chi connectivity index (χ2n) is 2.69. The van der Waals surface area contributed by atoms with Crippen LogP contribution in [0.2, 0.25) is 0 Å². The fourth-order valence-electron chi connectivity index (χ4n) is 0.948. The van der Waals surface area contributed by atoms with Crippen LogP contribution in [0.5, 0.6) is 11.5 Å². The van der Waals surface area contributed by atoms with E-state index in [1.165, 1.54) is 0 Å². The lowest BCUT2D eigenvalue weighted by atomic mass is 10.3. The Balaban J connectivity index is 2.63. The summed E-state index contributed by atoms with van der Waals surface area (Å²) in [5.41, 5.74) is 0. The Morgan fingerprint density at radius 3 is 2.79 bits per heavy atom. The van der Waals surface area contributed by atoms with Gasteiger partial charge in [-0.05, 0) is 18.6 Å². The van der Waals surface area contributed by atoms with Gasteiger partial charge in [-0.2, -0.15) is 0 Å². The fourth-order valence-corrected chi connectivity index (χ4v) is 0.948. The van der Waals surface area contributed by atoms with Crippen molar-refractivity contribution in [2.45, 2.75) is 13.3 Å². The molecule has 0 saturated heterocycles. The molecule has 14 heavy (non-hydrogen) atoms. The summed E-state index contributed by atoms with van der Waals surface area (Å²) in [4.78, 5) is 10.2. The van der Waals surface area contributed by atoms with Crippen LogP contribution in [0.4, 0.5) is 4.79 Å². The minimum atomic E-state index is -1.32. The smallest absolute Gasteiger partial charge is 0.493 e. The normalized spacial score (nSPS) is 9.50. The van der Waals surface area contributed by atoms with Crippen molar-refractivity contribution in [1.29, 1.82) is 0 Å². The standard InChI is InChI=1S/C10H12O4/c1-2-6-13-8-4-3-5-9(7-8)14-10(11)12/h3-5,7H,2,6H2,1H3,(H,11,12). The van der Waals surface area contributed by atoms with Gasteiger partial charge in [0.1, 0.15) is 11.5 Å². The summed E-state index contributed by atoms with van der Waals surface area (Å²) in [6.07, 6.45) is -0.415. The first-order chi connectivity index (χ1) is 6.72. The van der Waals surface area contributed by atoms with Crippen molar-refractivity contribution in [3.63, 3.8) is 0 Å². The van der Waals surface area contributed by atoms with E-state index in [4.69, 9.17) is 9.84 Å². The molecule has 4 nitrogen and oxygen atoms in total. The Bertz CT molecular complexity index is 309. The summed E-state index contributed by atoms with van der Waals surface area (Å²) in [6, 6.07) is 6.55. The molecule has 1 aromatic carbocycles. The molecule has 1 aromatic rings. The molecule has 1 rings (SSSR count). The molecule has 0 bridgehead atoms. The lowest BCUT2D eigenvalue weighted by Gasteiger charge is -2.05. The minimum absolute atomic E-state index is 0.270. The second kappa shape index (κ2) is 5.11. The Morgan fingerprint density at radius 1 is 1.43 bits per heavy atom. The van der Waals surface area contributed by atoms with E-state index in [-0.39, 0.29) is 5.75 Å². The van der Waals surface area contributed by atoms with Gasteiger partial charge >= 0.3 is 6.16 Å². The molecule has 0 fully saturated rings. The van der Waals surface area contributed by atoms with Crippen LogP contribution in [0.3, 0.4) is 0 Å². The largest absolute Gasteiger partial charge is 0.511 e. The van der Waals surface area contributed by atoms with Crippen molar-refractivity contribution in [3.05, 3.63) is 24.3 Å². The Labute approximate surface area is 82.1 Å². The number of hydrogen-bond donors (Lipinski definition) is 1. The van der Waals surface area contributed by atoms with Gasteiger partial charge in [0.15, 0.2) is 0 Å². The predicted molar refractivity (Wildman–Crippen MR) is 50.9 cm³/mol. The highest BCUT2D eigenvalue weighted by molar-refractivity contribution is 5.61. The third-order valence-corrected chi connectivity index (χ3v) is 1.48. The van der Waals surface area contributed by atoms with E-state index >= 15 is 0 Å². The summed E-state index contributed by atoms with van der Waals surface area (Å²) in [5.74, 6) is 0.886. The van der Waals surface area contributed by atoms with Crippen LogP contribution < -0.4 is 9.47 Å². The molecule has 76 valence electrons. The van der Waals surface area contributed by atoms with Crippen molar-refractivity contribution < 1.29 is 19.4 Å². The molecule has 0 spiro atoms. The molecule has 0 radical (unpaired) electrons. The van der Waals surface area contributed by atoms with Crippen LogP contribution in [0.25, 0.3) is 0 Å². The molecule has 0 aliphatic heterocycles. The zero-order valence-electron chi connectivity index (χ0n) is 7.90. The summed E-state index contributed by atoms with van der Waals surface area (Å²) < 4.78 is 9.78. The molecule has 0 aliphatic rings. The van der Waals surface area contributed by atoms with Gasteiger partial charge in [-0.15, -0.1) is 0 Å². The van der Waals surface area contributed by atoms with Gasteiger partial charge in [-0.3, -0.25) is 0 Å². The summed E-state index contributed by atoms with van der Waals surface area (Å²) in [7, 11) is 0. The summed E-state index contributed by atoms with van der Waals surface area (Å²) in [6.45, 7) is 2.61. The maximum Gasteiger partial charge on any atom is 0.511 e. The maximum absolute atomic E-state index is 10.2. The van der Waals surface area contributed by atoms with Gasteiger partial charge in [0.2, 0.25) is 0 Å². The van der Waals surface area contributed by atoms with Crippen molar-refractivity contribution in [3.8, 4) is 11.5 Å². The SMILES string of the molecule is CCCOc1cccc(OC(=O)O)c1. The highest BCUT2D eigenvalue weighted by Gasteiger charge is 2.01. The van der Waals surface area contributed by atoms with Gasteiger partial charge in [0.05, 0.1) is 6.61 Å². The van der Waals surface area contributed by atoms with Crippen LogP contribution in [0.1, 0.15) is 13.3 Å². The predicted octanol–water partition coefficient (Wildman–Crippen LogP) is 2.53. The molecule has 0 aromatic heterocycles. The van der Waals surface area contributed by atoms with Crippen molar-refractivity contribution >= 4 is 6.16 Å². The number of hydrogen-bond acceptors (Lipinski definition) is 3. The van der Waals surface area contributed by atoms with E-state index in [0.29, 0.717) is 12.4 Å². The molecule has 0 atom stereocenters. The second-order valence-corrected chi connectivity index (χ2v) is 2.69. The van der Waals surface area contributed by atoms with Crippen LogP contribution >= 0.6 is 0 Å². The highest BCUT2D eigenvalue weighted by Crippen LogP contribution is 2.19. The van der Waals surface area contributed by atoms with E-state index in [1.54, 1.807) is 24.3 Å². The van der Waals surface area contributed by atoms with Crippen LogP contribution in [0.15, 0.2) is 24.3 Å². The monoisotopic (exact) mass is 196 g/mol. The molecule has 1 N–H and O–H groups in total. The van der Waals surface area contributed by atoms with Crippen molar-refractivity contribution in [2.75, 3.05) is 6.61 Å². The van der Waals surface area contributed by atoms with Crippen molar-refractivity contribution in [1.82, 2.24) is 0 Å². The highest BCUT2D eigenvalue weighted by atomic mass is 16.7. The Morgan fingerprint density at radius 2 is 2.14 bits per heavy atom. The molecule has 4 heteroatoms. The van der Waals surface area contributed by atoms with Gasteiger partial charge in [0, 0.05) is 6.07 Å². The zero-order valence-corrected chi connectivity index (χ0v) is 7.90. The minimum Gasteiger partial charge on any atom is -0.493 e. The van der Waals surface area contributed by atoms with Gasteiger partial charge < -0.3 is 14.6 Å². The van der Waals surface area contributed by atoms with E-state index in [9.17, 15) is 4.79 Å². The van der Waals surface area contributed by atoms with E-state index in [1.807, 2.05) is 6.92 Å². The molecular weight excluding hydrogens is 184 g/mol. The van der Waals surface area contributed by atoms with Crippen LogP contribution in [0, 0.1) is 0 Å². The Hall–Kier alpha value is -1.71. The molecule has 0 aliphatic carbocycles. The molecule has 0 amide bonds. The first-order valence-electron chi connectivity index (χ1n) is 4.36. The van der Waals surface area contributed by atoms with Crippen LogP contribution in [-0.4, -0.2) is 17.9 Å². The maximum atomic E-state index is 10.2. The molecule has 0 heterocycles. The topological polar surface area (TPSA) is 55.8 Å². The number of rotatable bonds is 4. The lowest BCUT2D eigenvalue weighted by Crippen LogP contribution is -2.03. The number of carboxylic acid groups (broad SMARTS) is 1. The molecular formula is C10H12O4. The van der Waals surface area contributed by atoms with Gasteiger partial charge in [-0.1, -0.05) is 13.0 Å². The lowest BCUT2D eigenvalue weighted by molar-refractivity contribution is 0.144. The molecule has 0 saturated carbocycles. The van der Waals surface area contributed by atoms with E-state index in [2.05, 4.69) is 4.74 Å². The quantitative estimate of drug-likeness (QED) is 0.593. The number of benzene rings is 1. The first-order valence-corrected chi connectivity index (χ1v) is 4.36. The summed E-state index contributed by atoms with van der Waals surface area (Å²) in [5, 5.41) is 8.37. The Kier molecular flexibility index (Phi) is 3.79. The van der Waals surface area contributed by atoms with E-state index < -0.39 is 6.16 Å². The third-order valence-electron chi connectivity index (χ3n) is 1.48. The van der Waals surface area contributed by atoms with Crippen molar-refractivity contribution in [2.24, 2.45) is 0 Å². The van der Waals surface area contributed by atoms with Gasteiger partial charge in [0.25, 0.3) is 0 Å². The number of carbonyl (C=O) groups is 1. The van der Waals surface area contributed by atoms with Crippen LogP contribution in [-0.2, 0) is 0 Å². The number of ether oxygens (including phenoxy) is 2. The first kappa shape index (κ1) is 10.4. The molecule has 0 unspecified atom stereocenters. The van der Waals surface area contributed by atoms with Gasteiger partial charge in [-0.25, -0.2) is 4.79 Å². The average molecular weight is 196 g/mol. The van der Waals surface area contributed by atoms with E-state index in [0.717, 1.165) is 6.42 Å². The fraction of sp³-hybridized carbons (Fsp3) is 0.300. The average Bonchev–Trinajstić information content (AvgIpc) is 2.14.